The second-order valence-electron chi connectivity index (χ2n) is 7.92. The Bertz CT molecular complexity index is 1010. The Balaban J connectivity index is 1.93. The van der Waals surface area contributed by atoms with Gasteiger partial charge in [-0.05, 0) is 44.2 Å². The average Bonchev–Trinajstić information content (AvgIpc) is 3.05. The van der Waals surface area contributed by atoms with Gasteiger partial charge in [-0.1, -0.05) is 38.8 Å². The molecule has 0 radical (unpaired) electrons. The molecule has 0 aliphatic carbocycles. The Morgan fingerprint density at radius 2 is 1.94 bits per heavy atom. The van der Waals surface area contributed by atoms with Gasteiger partial charge < -0.3 is 9.67 Å². The number of amides is 1. The van der Waals surface area contributed by atoms with Crippen LogP contribution in [0.25, 0.3) is 10.9 Å². The van der Waals surface area contributed by atoms with Gasteiger partial charge in [-0.25, -0.2) is 5.43 Å². The number of aryl methyl sites for hydroxylation is 1. The normalized spacial score (nSPS) is 14.2. The van der Waals surface area contributed by atoms with E-state index in [1.165, 1.54) is 0 Å². The molecule has 7 heteroatoms. The first-order valence-electron chi connectivity index (χ1n) is 11.4. The first-order valence-corrected chi connectivity index (χ1v) is 11.4. The van der Waals surface area contributed by atoms with Gasteiger partial charge in [0.05, 0.1) is 23.0 Å². The van der Waals surface area contributed by atoms with Crippen LogP contribution in [0.1, 0.15) is 83.3 Å². The number of unbranched alkanes of at least 4 members (excludes halogenated alkanes) is 2. The van der Waals surface area contributed by atoms with Gasteiger partial charge in [-0.3, -0.25) is 4.79 Å². The number of nitrogens with one attached hydrogen (secondary N) is 1. The monoisotopic (exact) mass is 423 g/mol. The molecule has 0 fully saturated rings. The maximum atomic E-state index is 11.4. The van der Waals surface area contributed by atoms with E-state index < -0.39 is 0 Å². The summed E-state index contributed by atoms with van der Waals surface area (Å²) in [5, 5.41) is 24.8. The summed E-state index contributed by atoms with van der Waals surface area (Å²) in [7, 11) is 0. The van der Waals surface area contributed by atoms with Crippen LogP contribution in [-0.4, -0.2) is 33.2 Å². The van der Waals surface area contributed by atoms with Crippen LogP contribution >= 0.6 is 0 Å². The molecular formula is C24H33N5O2. The third-order valence-electron chi connectivity index (χ3n) is 5.65. The fourth-order valence-corrected chi connectivity index (χ4v) is 3.83. The highest BCUT2D eigenvalue weighted by molar-refractivity contribution is 6.09. The molecule has 3 rings (SSSR count). The minimum Gasteiger partial charge on any atom is -0.494 e. The Morgan fingerprint density at radius 1 is 1.19 bits per heavy atom. The standard InChI is InChI=1S/C24H33N5O2/c1-4-7-9-18(10-8-5-2)26-25-16-20-19-12-11-17(21-13-14-23(30)28-27-21)15-22(19)29(6-3)24(20)31/h11-12,15-16,31H,4-10,13-14H2,1-3H3,(H,28,30)/b25-16+. The zero-order valence-corrected chi connectivity index (χ0v) is 18.8. The molecule has 0 bridgehead atoms. The Morgan fingerprint density at radius 3 is 2.55 bits per heavy atom. The molecule has 0 saturated carbocycles. The molecule has 1 aromatic carbocycles. The summed E-state index contributed by atoms with van der Waals surface area (Å²) in [4.78, 5) is 11.4. The summed E-state index contributed by atoms with van der Waals surface area (Å²) in [5.41, 5.74) is 7.06. The van der Waals surface area contributed by atoms with Crippen molar-refractivity contribution in [1.82, 2.24) is 9.99 Å². The van der Waals surface area contributed by atoms with E-state index >= 15 is 0 Å². The van der Waals surface area contributed by atoms with Crippen LogP contribution in [0.2, 0.25) is 0 Å². The number of rotatable bonds is 10. The number of aromatic hydroxyl groups is 1. The highest BCUT2D eigenvalue weighted by atomic mass is 16.3. The molecule has 7 nitrogen and oxygen atoms in total. The van der Waals surface area contributed by atoms with Crippen molar-refractivity contribution in [3.05, 3.63) is 29.3 Å². The molecule has 2 heterocycles. The maximum absolute atomic E-state index is 11.4. The van der Waals surface area contributed by atoms with Crippen LogP contribution in [0.5, 0.6) is 5.88 Å². The number of fused-ring (bicyclic) bond motifs is 1. The quantitative estimate of drug-likeness (QED) is 0.409. The minimum absolute atomic E-state index is 0.0595. The number of hydrogen-bond donors (Lipinski definition) is 2. The van der Waals surface area contributed by atoms with Crippen molar-refractivity contribution in [2.45, 2.75) is 78.7 Å². The van der Waals surface area contributed by atoms with E-state index in [-0.39, 0.29) is 11.8 Å². The second kappa shape index (κ2) is 10.9. The predicted octanol–water partition coefficient (Wildman–Crippen LogP) is 5.14. The predicted molar refractivity (Wildman–Crippen MR) is 127 cm³/mol. The molecule has 2 N–H and O–H groups in total. The van der Waals surface area contributed by atoms with E-state index in [9.17, 15) is 9.90 Å². The van der Waals surface area contributed by atoms with E-state index in [1.54, 1.807) is 6.21 Å². The van der Waals surface area contributed by atoms with E-state index in [2.05, 4.69) is 34.6 Å². The molecule has 1 aliphatic heterocycles. The van der Waals surface area contributed by atoms with Crippen molar-refractivity contribution in [1.29, 1.82) is 0 Å². The van der Waals surface area contributed by atoms with Gasteiger partial charge >= 0.3 is 0 Å². The summed E-state index contributed by atoms with van der Waals surface area (Å²) in [6.07, 6.45) is 9.16. The van der Waals surface area contributed by atoms with Crippen LogP contribution in [0.15, 0.2) is 33.5 Å². The number of nitrogens with zero attached hydrogens (tertiary/aromatic N) is 4. The van der Waals surface area contributed by atoms with Gasteiger partial charge in [0, 0.05) is 30.5 Å². The lowest BCUT2D eigenvalue weighted by Gasteiger charge is -2.12. The molecule has 0 saturated heterocycles. The van der Waals surface area contributed by atoms with Crippen LogP contribution in [0.3, 0.4) is 0 Å². The zero-order valence-electron chi connectivity index (χ0n) is 18.8. The smallest absolute Gasteiger partial charge is 0.240 e. The first kappa shape index (κ1) is 22.7. The molecule has 0 unspecified atom stereocenters. The molecule has 166 valence electrons. The summed E-state index contributed by atoms with van der Waals surface area (Å²) in [6.45, 7) is 6.99. The van der Waals surface area contributed by atoms with Crippen LogP contribution < -0.4 is 5.43 Å². The highest BCUT2D eigenvalue weighted by Gasteiger charge is 2.18. The van der Waals surface area contributed by atoms with E-state index in [4.69, 9.17) is 0 Å². The van der Waals surface area contributed by atoms with Gasteiger partial charge in [0.1, 0.15) is 0 Å². The Kier molecular flexibility index (Phi) is 7.98. The van der Waals surface area contributed by atoms with E-state index in [0.717, 1.165) is 66.4 Å². The SMILES string of the molecule is CCCCC(CCCC)=N/N=C/c1c(O)n(CC)c2cc(C3=NNC(=O)CC3)ccc12. The van der Waals surface area contributed by atoms with Crippen molar-refractivity contribution >= 4 is 34.4 Å². The highest BCUT2D eigenvalue weighted by Crippen LogP contribution is 2.31. The minimum atomic E-state index is -0.0595. The number of carbonyl (C=O) groups excluding carboxylic acids is 1. The molecule has 2 aromatic rings. The lowest BCUT2D eigenvalue weighted by atomic mass is 10.0. The summed E-state index contributed by atoms with van der Waals surface area (Å²) in [6, 6.07) is 5.98. The van der Waals surface area contributed by atoms with Gasteiger partial charge in [-0.2, -0.15) is 15.3 Å². The number of carbonyl (C=O) groups is 1. The summed E-state index contributed by atoms with van der Waals surface area (Å²) in [5.74, 6) is 0.131. The molecular weight excluding hydrogens is 390 g/mol. The lowest BCUT2D eigenvalue weighted by molar-refractivity contribution is -0.121. The number of aromatic nitrogens is 1. The van der Waals surface area contributed by atoms with Crippen molar-refractivity contribution in [3.63, 3.8) is 0 Å². The summed E-state index contributed by atoms with van der Waals surface area (Å²) < 4.78 is 1.86. The fraction of sp³-hybridized carbons (Fsp3) is 0.500. The molecule has 31 heavy (non-hydrogen) atoms. The number of hydrogen-bond acceptors (Lipinski definition) is 5. The number of benzene rings is 1. The molecule has 0 atom stereocenters. The van der Waals surface area contributed by atoms with Crippen LogP contribution in [-0.2, 0) is 11.3 Å². The first-order chi connectivity index (χ1) is 15.1. The third-order valence-corrected chi connectivity index (χ3v) is 5.65. The Hall–Kier alpha value is -2.96. The topological polar surface area (TPSA) is 91.3 Å². The van der Waals surface area contributed by atoms with Crippen molar-refractivity contribution in [3.8, 4) is 5.88 Å². The van der Waals surface area contributed by atoms with Crippen LogP contribution in [0, 0.1) is 0 Å². The Labute approximate surface area is 183 Å². The fourth-order valence-electron chi connectivity index (χ4n) is 3.83. The summed E-state index contributed by atoms with van der Waals surface area (Å²) >= 11 is 0. The van der Waals surface area contributed by atoms with Gasteiger partial charge in [0.25, 0.3) is 0 Å². The largest absolute Gasteiger partial charge is 0.494 e. The van der Waals surface area contributed by atoms with Crippen molar-refractivity contribution < 1.29 is 9.90 Å². The molecule has 0 spiro atoms. The molecule has 1 aliphatic rings. The van der Waals surface area contributed by atoms with Crippen molar-refractivity contribution in [2.75, 3.05) is 0 Å². The molecule has 1 aromatic heterocycles. The van der Waals surface area contributed by atoms with E-state index in [0.29, 0.717) is 24.9 Å². The van der Waals surface area contributed by atoms with Gasteiger partial charge in [0.15, 0.2) is 0 Å². The van der Waals surface area contributed by atoms with Crippen molar-refractivity contribution in [2.24, 2.45) is 15.3 Å². The van der Waals surface area contributed by atoms with E-state index in [1.807, 2.05) is 29.7 Å². The van der Waals surface area contributed by atoms with Gasteiger partial charge in [-0.15, -0.1) is 0 Å². The third kappa shape index (κ3) is 5.40. The lowest BCUT2D eigenvalue weighted by Crippen LogP contribution is -2.25. The van der Waals surface area contributed by atoms with Gasteiger partial charge in [0.2, 0.25) is 11.8 Å². The number of hydrazone groups is 1. The zero-order chi connectivity index (χ0) is 22.2. The maximum Gasteiger partial charge on any atom is 0.240 e. The second-order valence-corrected chi connectivity index (χ2v) is 7.92. The average molecular weight is 424 g/mol. The van der Waals surface area contributed by atoms with Crippen LogP contribution in [0.4, 0.5) is 0 Å². The molecule has 1 amide bonds.